The molecule has 4 nitrogen and oxygen atoms in total. The molecule has 0 atom stereocenters. The van der Waals surface area contributed by atoms with Gasteiger partial charge in [-0.05, 0) is 30.7 Å². The number of rotatable bonds is 4. The van der Waals surface area contributed by atoms with Crippen LogP contribution in [0.1, 0.15) is 21.5 Å². The van der Waals surface area contributed by atoms with Gasteiger partial charge in [0.1, 0.15) is 0 Å². The van der Waals surface area contributed by atoms with Gasteiger partial charge < -0.3 is 10.2 Å². The van der Waals surface area contributed by atoms with Crippen LogP contribution in [-0.2, 0) is 11.0 Å². The number of benzene rings is 2. The van der Waals surface area contributed by atoms with E-state index in [9.17, 15) is 22.8 Å². The van der Waals surface area contributed by atoms with E-state index in [1.807, 2.05) is 0 Å². The lowest BCUT2D eigenvalue weighted by Crippen LogP contribution is -2.35. The SMILES string of the molecule is Cc1ccccc1C(=O)N(C)CC(=O)Nc1ccccc1C(F)(F)F. The topological polar surface area (TPSA) is 49.4 Å². The highest BCUT2D eigenvalue weighted by Gasteiger charge is 2.33. The number of para-hydroxylation sites is 1. The molecular weight excluding hydrogens is 333 g/mol. The van der Waals surface area contributed by atoms with E-state index in [-0.39, 0.29) is 18.1 Å². The molecular formula is C18H17F3N2O2. The van der Waals surface area contributed by atoms with Crippen LogP contribution in [0.4, 0.5) is 18.9 Å². The van der Waals surface area contributed by atoms with Gasteiger partial charge in [-0.15, -0.1) is 0 Å². The van der Waals surface area contributed by atoms with Gasteiger partial charge >= 0.3 is 6.18 Å². The second kappa shape index (κ2) is 7.38. The van der Waals surface area contributed by atoms with Crippen LogP contribution in [0.3, 0.4) is 0 Å². The molecule has 0 aliphatic heterocycles. The van der Waals surface area contributed by atoms with Gasteiger partial charge in [0.15, 0.2) is 0 Å². The monoisotopic (exact) mass is 350 g/mol. The van der Waals surface area contributed by atoms with Crippen LogP contribution >= 0.6 is 0 Å². The molecule has 132 valence electrons. The van der Waals surface area contributed by atoms with Crippen LogP contribution in [0.15, 0.2) is 48.5 Å². The summed E-state index contributed by atoms with van der Waals surface area (Å²) < 4.78 is 38.8. The number of carbonyl (C=O) groups is 2. The minimum Gasteiger partial charge on any atom is -0.332 e. The van der Waals surface area contributed by atoms with Gasteiger partial charge in [-0.3, -0.25) is 9.59 Å². The third-order valence-corrected chi connectivity index (χ3v) is 3.61. The van der Waals surface area contributed by atoms with Gasteiger partial charge in [-0.25, -0.2) is 0 Å². The normalized spacial score (nSPS) is 11.1. The highest BCUT2D eigenvalue weighted by Crippen LogP contribution is 2.34. The smallest absolute Gasteiger partial charge is 0.332 e. The van der Waals surface area contributed by atoms with E-state index in [1.54, 1.807) is 31.2 Å². The molecule has 25 heavy (non-hydrogen) atoms. The largest absolute Gasteiger partial charge is 0.418 e. The summed E-state index contributed by atoms with van der Waals surface area (Å²) in [6.45, 7) is 1.40. The fourth-order valence-electron chi connectivity index (χ4n) is 2.33. The van der Waals surface area contributed by atoms with Crippen molar-refractivity contribution in [1.29, 1.82) is 0 Å². The Bertz CT molecular complexity index is 788. The number of likely N-dealkylation sites (N-methyl/N-ethyl adjacent to an activating group) is 1. The van der Waals surface area contributed by atoms with Crippen LogP contribution < -0.4 is 5.32 Å². The third-order valence-electron chi connectivity index (χ3n) is 3.61. The maximum Gasteiger partial charge on any atom is 0.418 e. The molecule has 7 heteroatoms. The van der Waals surface area contributed by atoms with Gasteiger partial charge in [0.05, 0.1) is 17.8 Å². The molecule has 0 fully saturated rings. The number of aryl methyl sites for hydroxylation is 1. The summed E-state index contributed by atoms with van der Waals surface area (Å²) in [7, 11) is 1.42. The molecule has 0 aliphatic carbocycles. The fraction of sp³-hybridized carbons (Fsp3) is 0.222. The average Bonchev–Trinajstić information content (AvgIpc) is 2.54. The molecule has 0 saturated heterocycles. The molecule has 0 heterocycles. The number of nitrogens with one attached hydrogen (secondary N) is 1. The van der Waals surface area contributed by atoms with Crippen LogP contribution in [-0.4, -0.2) is 30.3 Å². The zero-order valence-electron chi connectivity index (χ0n) is 13.7. The van der Waals surface area contributed by atoms with E-state index in [0.29, 0.717) is 5.56 Å². The van der Waals surface area contributed by atoms with E-state index in [0.717, 1.165) is 16.5 Å². The first-order chi connectivity index (χ1) is 11.7. The van der Waals surface area contributed by atoms with Crippen LogP contribution in [0.2, 0.25) is 0 Å². The lowest BCUT2D eigenvalue weighted by atomic mass is 10.1. The molecule has 0 aromatic heterocycles. The molecule has 1 N–H and O–H groups in total. The van der Waals surface area contributed by atoms with E-state index in [4.69, 9.17) is 0 Å². The van der Waals surface area contributed by atoms with Crippen molar-refractivity contribution in [3.05, 3.63) is 65.2 Å². The number of halogens is 3. The lowest BCUT2D eigenvalue weighted by Gasteiger charge is -2.19. The Kier molecular flexibility index (Phi) is 5.46. The van der Waals surface area contributed by atoms with Crippen LogP contribution in [0.5, 0.6) is 0 Å². The van der Waals surface area contributed by atoms with E-state index < -0.39 is 17.6 Å². The lowest BCUT2D eigenvalue weighted by molar-refractivity contribution is -0.137. The minimum atomic E-state index is -4.58. The Morgan fingerprint density at radius 3 is 2.28 bits per heavy atom. The molecule has 2 aromatic carbocycles. The summed E-state index contributed by atoms with van der Waals surface area (Å²) in [5, 5.41) is 2.22. The number of anilines is 1. The van der Waals surface area contributed by atoms with Crippen molar-refractivity contribution in [3.63, 3.8) is 0 Å². The molecule has 0 unspecified atom stereocenters. The molecule has 0 saturated carbocycles. The molecule has 2 aromatic rings. The average molecular weight is 350 g/mol. The maximum atomic E-state index is 12.9. The molecule has 0 radical (unpaired) electrons. The summed E-state index contributed by atoms with van der Waals surface area (Å²) >= 11 is 0. The highest BCUT2D eigenvalue weighted by molar-refractivity contribution is 6.00. The summed E-state index contributed by atoms with van der Waals surface area (Å²) in [6.07, 6.45) is -4.58. The van der Waals surface area contributed by atoms with Gasteiger partial charge in [0.25, 0.3) is 5.91 Å². The van der Waals surface area contributed by atoms with Crippen molar-refractivity contribution in [2.45, 2.75) is 13.1 Å². The van der Waals surface area contributed by atoms with Crippen molar-refractivity contribution in [2.24, 2.45) is 0 Å². The fourth-order valence-corrected chi connectivity index (χ4v) is 2.33. The van der Waals surface area contributed by atoms with Crippen molar-refractivity contribution in [1.82, 2.24) is 4.90 Å². The van der Waals surface area contributed by atoms with E-state index in [1.165, 1.54) is 25.2 Å². The summed E-state index contributed by atoms with van der Waals surface area (Å²) in [6, 6.07) is 11.6. The second-order valence-electron chi connectivity index (χ2n) is 5.57. The maximum absolute atomic E-state index is 12.9. The first-order valence-corrected chi connectivity index (χ1v) is 7.47. The molecule has 0 aliphatic rings. The van der Waals surface area contributed by atoms with E-state index in [2.05, 4.69) is 5.32 Å². The molecule has 0 spiro atoms. The number of alkyl halides is 3. The predicted octanol–water partition coefficient (Wildman–Crippen LogP) is 3.72. The minimum absolute atomic E-state index is 0.336. The Morgan fingerprint density at radius 2 is 1.64 bits per heavy atom. The predicted molar refractivity (Wildman–Crippen MR) is 88.2 cm³/mol. The van der Waals surface area contributed by atoms with Crippen molar-refractivity contribution >= 4 is 17.5 Å². The quantitative estimate of drug-likeness (QED) is 0.914. The third kappa shape index (κ3) is 4.59. The Hall–Kier alpha value is -2.83. The van der Waals surface area contributed by atoms with Crippen LogP contribution in [0.25, 0.3) is 0 Å². The van der Waals surface area contributed by atoms with Crippen molar-refractivity contribution < 1.29 is 22.8 Å². The summed E-state index contributed by atoms with van der Waals surface area (Å²) in [5.41, 5.74) is -0.0800. The number of carbonyl (C=O) groups excluding carboxylic acids is 2. The Balaban J connectivity index is 2.08. The van der Waals surface area contributed by atoms with Gasteiger partial charge in [0, 0.05) is 12.6 Å². The van der Waals surface area contributed by atoms with Crippen molar-refractivity contribution in [2.75, 3.05) is 18.9 Å². The van der Waals surface area contributed by atoms with Crippen molar-refractivity contribution in [3.8, 4) is 0 Å². The van der Waals surface area contributed by atoms with Gasteiger partial charge in [-0.2, -0.15) is 13.2 Å². The number of nitrogens with zero attached hydrogens (tertiary/aromatic N) is 1. The first kappa shape index (κ1) is 18.5. The van der Waals surface area contributed by atoms with Gasteiger partial charge in [-0.1, -0.05) is 30.3 Å². The van der Waals surface area contributed by atoms with Gasteiger partial charge in [0.2, 0.25) is 5.91 Å². The van der Waals surface area contributed by atoms with Crippen LogP contribution in [0, 0.1) is 6.92 Å². The molecule has 0 bridgehead atoms. The number of amides is 2. The second-order valence-corrected chi connectivity index (χ2v) is 5.57. The zero-order valence-corrected chi connectivity index (χ0v) is 13.7. The number of hydrogen-bond donors (Lipinski definition) is 1. The molecule has 2 amide bonds. The standard InChI is InChI=1S/C18H17F3N2O2/c1-12-7-3-4-8-13(12)17(25)23(2)11-16(24)22-15-10-6-5-9-14(15)18(19,20)21/h3-10H,11H2,1-2H3,(H,22,24). The Labute approximate surface area is 143 Å². The first-order valence-electron chi connectivity index (χ1n) is 7.47. The summed E-state index contributed by atoms with van der Waals surface area (Å²) in [5.74, 6) is -1.08. The Morgan fingerprint density at radius 1 is 1.04 bits per heavy atom. The highest BCUT2D eigenvalue weighted by atomic mass is 19.4. The molecule has 2 rings (SSSR count). The van der Waals surface area contributed by atoms with E-state index >= 15 is 0 Å². The zero-order chi connectivity index (χ0) is 18.6. The number of hydrogen-bond acceptors (Lipinski definition) is 2. The summed E-state index contributed by atoms with van der Waals surface area (Å²) in [4.78, 5) is 25.6.